The Bertz CT molecular complexity index is 999. The minimum Gasteiger partial charge on any atom is -0.495 e. The third-order valence-electron chi connectivity index (χ3n) is 3.85. The van der Waals surface area contributed by atoms with E-state index in [9.17, 15) is 18.0 Å². The van der Waals surface area contributed by atoms with E-state index in [4.69, 9.17) is 10.5 Å². The molecule has 0 radical (unpaired) electrons. The number of hydrogen-bond acceptors (Lipinski definition) is 5. The van der Waals surface area contributed by atoms with Crippen LogP contribution in [0.3, 0.4) is 0 Å². The van der Waals surface area contributed by atoms with Crippen molar-refractivity contribution in [1.82, 2.24) is 10.0 Å². The van der Waals surface area contributed by atoms with E-state index < -0.39 is 33.4 Å². The topological polar surface area (TPSA) is 128 Å². The second kappa shape index (κ2) is 8.62. The van der Waals surface area contributed by atoms with Crippen LogP contribution < -0.4 is 20.5 Å². The van der Waals surface area contributed by atoms with E-state index in [0.717, 1.165) is 0 Å². The number of carbonyl (C=O) groups is 2. The van der Waals surface area contributed by atoms with Crippen LogP contribution in [0.1, 0.15) is 42.7 Å². The highest BCUT2D eigenvalue weighted by molar-refractivity contribution is 7.89. The van der Waals surface area contributed by atoms with E-state index in [-0.39, 0.29) is 16.2 Å². The van der Waals surface area contributed by atoms with Crippen LogP contribution in [0.15, 0.2) is 53.4 Å². The number of sulfonamides is 1. The molecule has 2 amide bonds. The van der Waals surface area contributed by atoms with Crippen molar-refractivity contribution in [2.75, 3.05) is 7.11 Å². The Labute approximate surface area is 170 Å². The van der Waals surface area contributed by atoms with E-state index in [1.54, 1.807) is 51.1 Å². The molecule has 0 aliphatic rings. The first kappa shape index (κ1) is 22.4. The summed E-state index contributed by atoms with van der Waals surface area (Å²) in [6.45, 7) is 5.10. The molecule has 0 saturated heterocycles. The first-order valence-electron chi connectivity index (χ1n) is 8.82. The summed E-state index contributed by atoms with van der Waals surface area (Å²) in [6, 6.07) is 11.5. The SMILES string of the molecule is COc1ccc(C(=O)NC(C(N)=O)c2ccccc2)cc1S(=O)(=O)NC(C)(C)C. The molecular formula is C20H25N3O5S. The number of nitrogens with two attached hydrogens (primary N) is 1. The predicted molar refractivity (Wildman–Crippen MR) is 109 cm³/mol. The molecule has 0 aliphatic carbocycles. The van der Waals surface area contributed by atoms with E-state index in [0.29, 0.717) is 5.56 Å². The minimum absolute atomic E-state index is 0.0438. The Morgan fingerprint density at radius 1 is 1.07 bits per heavy atom. The second-order valence-corrected chi connectivity index (χ2v) is 9.09. The van der Waals surface area contributed by atoms with Crippen LogP contribution in [0.25, 0.3) is 0 Å². The van der Waals surface area contributed by atoms with Crippen molar-refractivity contribution in [3.8, 4) is 5.75 Å². The van der Waals surface area contributed by atoms with Crippen LogP contribution in [0.5, 0.6) is 5.75 Å². The lowest BCUT2D eigenvalue weighted by atomic mass is 10.1. The van der Waals surface area contributed by atoms with Crippen molar-refractivity contribution in [2.24, 2.45) is 5.73 Å². The Morgan fingerprint density at radius 3 is 2.21 bits per heavy atom. The van der Waals surface area contributed by atoms with Gasteiger partial charge in [0.2, 0.25) is 15.9 Å². The first-order valence-corrected chi connectivity index (χ1v) is 10.3. The van der Waals surface area contributed by atoms with Gasteiger partial charge in [0.25, 0.3) is 5.91 Å². The lowest BCUT2D eigenvalue weighted by molar-refractivity contribution is -0.120. The molecule has 29 heavy (non-hydrogen) atoms. The highest BCUT2D eigenvalue weighted by atomic mass is 32.2. The van der Waals surface area contributed by atoms with Gasteiger partial charge in [-0.1, -0.05) is 30.3 Å². The van der Waals surface area contributed by atoms with Crippen molar-refractivity contribution in [1.29, 1.82) is 0 Å². The summed E-state index contributed by atoms with van der Waals surface area (Å²) < 4.78 is 33.2. The van der Waals surface area contributed by atoms with E-state index in [2.05, 4.69) is 10.0 Å². The number of amides is 2. The number of nitrogens with one attached hydrogen (secondary N) is 2. The summed E-state index contributed by atoms with van der Waals surface area (Å²) in [6.07, 6.45) is 0. The zero-order valence-electron chi connectivity index (χ0n) is 16.7. The van der Waals surface area contributed by atoms with Gasteiger partial charge in [-0.15, -0.1) is 0 Å². The molecular weight excluding hydrogens is 394 g/mol. The fraction of sp³-hybridized carbons (Fsp3) is 0.300. The summed E-state index contributed by atoms with van der Waals surface area (Å²) >= 11 is 0. The first-order chi connectivity index (χ1) is 13.4. The Balaban J connectivity index is 2.40. The molecule has 1 unspecified atom stereocenters. The standard InChI is InChI=1S/C20H25N3O5S/c1-20(2,3)23-29(26,27)16-12-14(10-11-15(16)28-4)19(25)22-17(18(21)24)13-8-6-5-7-9-13/h5-12,17,23H,1-4H3,(H2,21,24)(H,22,25). The molecule has 9 heteroatoms. The second-order valence-electron chi connectivity index (χ2n) is 7.44. The zero-order chi connectivity index (χ0) is 21.8. The van der Waals surface area contributed by atoms with Crippen LogP contribution in [0.2, 0.25) is 0 Å². The molecule has 156 valence electrons. The number of hydrogen-bond donors (Lipinski definition) is 3. The van der Waals surface area contributed by atoms with Crippen molar-refractivity contribution < 1.29 is 22.7 Å². The maximum absolute atomic E-state index is 12.8. The van der Waals surface area contributed by atoms with E-state index in [1.807, 2.05) is 0 Å². The quantitative estimate of drug-likeness (QED) is 0.630. The number of ether oxygens (including phenoxy) is 1. The summed E-state index contributed by atoms with van der Waals surface area (Å²) in [5, 5.41) is 2.54. The average Bonchev–Trinajstić information content (AvgIpc) is 2.64. The molecule has 0 aliphatic heterocycles. The van der Waals surface area contributed by atoms with Gasteiger partial charge in [0, 0.05) is 11.1 Å². The van der Waals surface area contributed by atoms with Crippen molar-refractivity contribution in [2.45, 2.75) is 37.2 Å². The van der Waals surface area contributed by atoms with Gasteiger partial charge in [0.05, 0.1) is 7.11 Å². The molecule has 0 heterocycles. The molecule has 2 aromatic carbocycles. The zero-order valence-corrected chi connectivity index (χ0v) is 17.5. The molecule has 0 aromatic heterocycles. The van der Waals surface area contributed by atoms with Crippen LogP contribution in [-0.2, 0) is 14.8 Å². The van der Waals surface area contributed by atoms with Gasteiger partial charge in [-0.2, -0.15) is 0 Å². The van der Waals surface area contributed by atoms with Gasteiger partial charge < -0.3 is 15.8 Å². The Morgan fingerprint density at radius 2 is 1.69 bits per heavy atom. The van der Waals surface area contributed by atoms with Crippen LogP contribution in [-0.4, -0.2) is 32.9 Å². The largest absolute Gasteiger partial charge is 0.495 e. The predicted octanol–water partition coefficient (Wildman–Crippen LogP) is 1.73. The number of rotatable bonds is 7. The maximum atomic E-state index is 12.8. The summed E-state index contributed by atoms with van der Waals surface area (Å²) in [5.74, 6) is -1.29. The van der Waals surface area contributed by atoms with Gasteiger partial charge in [0.1, 0.15) is 16.7 Å². The molecule has 4 N–H and O–H groups in total. The van der Waals surface area contributed by atoms with Crippen molar-refractivity contribution >= 4 is 21.8 Å². The molecule has 0 bridgehead atoms. The Hall–Kier alpha value is -2.91. The highest BCUT2D eigenvalue weighted by Crippen LogP contribution is 2.26. The highest BCUT2D eigenvalue weighted by Gasteiger charge is 2.27. The minimum atomic E-state index is -3.96. The van der Waals surface area contributed by atoms with E-state index in [1.165, 1.54) is 25.3 Å². The van der Waals surface area contributed by atoms with Gasteiger partial charge in [-0.25, -0.2) is 13.1 Å². The summed E-state index contributed by atoms with van der Waals surface area (Å²) in [5.41, 5.74) is 5.26. The summed E-state index contributed by atoms with van der Waals surface area (Å²) in [7, 11) is -2.62. The molecule has 1 atom stereocenters. The van der Waals surface area contributed by atoms with Crippen molar-refractivity contribution in [3.05, 3.63) is 59.7 Å². The smallest absolute Gasteiger partial charge is 0.252 e. The third kappa shape index (κ3) is 5.78. The lowest BCUT2D eigenvalue weighted by Gasteiger charge is -2.22. The molecule has 2 rings (SSSR count). The maximum Gasteiger partial charge on any atom is 0.252 e. The number of methoxy groups -OCH3 is 1. The number of benzene rings is 2. The van der Waals surface area contributed by atoms with Crippen molar-refractivity contribution in [3.63, 3.8) is 0 Å². The number of primary amides is 1. The molecule has 0 fully saturated rings. The normalized spacial score (nSPS) is 12.8. The molecule has 2 aromatic rings. The summed E-state index contributed by atoms with van der Waals surface area (Å²) in [4.78, 5) is 24.4. The van der Waals surface area contributed by atoms with Crippen LogP contribution in [0, 0.1) is 0 Å². The van der Waals surface area contributed by atoms with Gasteiger partial charge in [-0.3, -0.25) is 9.59 Å². The average molecular weight is 420 g/mol. The van der Waals surface area contributed by atoms with Gasteiger partial charge >= 0.3 is 0 Å². The number of carbonyl (C=O) groups excluding carboxylic acids is 2. The Kier molecular flexibility index (Phi) is 6.66. The third-order valence-corrected chi connectivity index (χ3v) is 5.63. The monoisotopic (exact) mass is 419 g/mol. The fourth-order valence-electron chi connectivity index (χ4n) is 2.66. The lowest BCUT2D eigenvalue weighted by Crippen LogP contribution is -2.40. The van der Waals surface area contributed by atoms with Gasteiger partial charge in [0.15, 0.2) is 0 Å². The van der Waals surface area contributed by atoms with Crippen LogP contribution >= 0.6 is 0 Å². The van der Waals surface area contributed by atoms with Crippen LogP contribution in [0.4, 0.5) is 0 Å². The van der Waals surface area contributed by atoms with E-state index >= 15 is 0 Å². The molecule has 0 saturated carbocycles. The van der Waals surface area contributed by atoms with Gasteiger partial charge in [-0.05, 0) is 44.5 Å². The molecule has 0 spiro atoms. The fourth-order valence-corrected chi connectivity index (χ4v) is 4.28. The molecule has 8 nitrogen and oxygen atoms in total.